The number of nitrogens with one attached hydrogen (secondary N) is 1. The first-order valence-corrected chi connectivity index (χ1v) is 5.98. The lowest BCUT2D eigenvalue weighted by molar-refractivity contribution is 0.379. The summed E-state index contributed by atoms with van der Waals surface area (Å²) in [5, 5.41) is 7.33. The van der Waals surface area contributed by atoms with Crippen molar-refractivity contribution in [3.8, 4) is 0 Å². The van der Waals surface area contributed by atoms with Crippen molar-refractivity contribution in [3.63, 3.8) is 0 Å². The Morgan fingerprint density at radius 1 is 1.56 bits per heavy atom. The van der Waals surface area contributed by atoms with Gasteiger partial charge in [-0.25, -0.2) is 0 Å². The van der Waals surface area contributed by atoms with Crippen molar-refractivity contribution < 1.29 is 4.52 Å². The largest absolute Gasteiger partial charge is 0.389 e. The van der Waals surface area contributed by atoms with Crippen LogP contribution in [0.4, 0.5) is 5.69 Å². The fourth-order valence-electron chi connectivity index (χ4n) is 1.50. The highest BCUT2D eigenvalue weighted by Crippen LogP contribution is 2.24. The summed E-state index contributed by atoms with van der Waals surface area (Å²) in [4.78, 5) is 4.33. The molecule has 0 aliphatic carbocycles. The first-order chi connectivity index (χ1) is 8.58. The van der Waals surface area contributed by atoms with Crippen LogP contribution >= 0.6 is 23.8 Å². The number of rotatable bonds is 4. The Bertz CT molecular complexity index is 584. The molecule has 0 aliphatic heterocycles. The third-order valence-corrected chi connectivity index (χ3v) is 2.78. The molecule has 3 N–H and O–H groups in total. The summed E-state index contributed by atoms with van der Waals surface area (Å²) in [5.74, 6) is 1.08. The summed E-state index contributed by atoms with van der Waals surface area (Å²) in [6.45, 7) is 2.14. The highest BCUT2D eigenvalue weighted by molar-refractivity contribution is 7.80. The predicted octanol–water partition coefficient (Wildman–Crippen LogP) is 2.28. The molecule has 18 heavy (non-hydrogen) atoms. The van der Waals surface area contributed by atoms with Crippen molar-refractivity contribution >= 4 is 34.5 Å². The third-order valence-electron chi connectivity index (χ3n) is 2.26. The molecule has 0 aliphatic rings. The van der Waals surface area contributed by atoms with E-state index in [2.05, 4.69) is 15.5 Å². The van der Waals surface area contributed by atoms with Crippen LogP contribution in [0.1, 0.15) is 17.3 Å². The van der Waals surface area contributed by atoms with Crippen LogP contribution in [0.5, 0.6) is 0 Å². The zero-order valence-electron chi connectivity index (χ0n) is 9.61. The highest BCUT2D eigenvalue weighted by Gasteiger charge is 2.10. The molecule has 94 valence electrons. The topological polar surface area (TPSA) is 77.0 Å². The molecular formula is C11H11ClN4OS. The van der Waals surface area contributed by atoms with Gasteiger partial charge in [-0.3, -0.25) is 0 Å². The van der Waals surface area contributed by atoms with E-state index < -0.39 is 0 Å². The van der Waals surface area contributed by atoms with E-state index in [0.717, 1.165) is 5.69 Å². The van der Waals surface area contributed by atoms with E-state index >= 15 is 0 Å². The summed E-state index contributed by atoms with van der Waals surface area (Å²) in [5.41, 5.74) is 7.00. The molecule has 1 aromatic heterocycles. The van der Waals surface area contributed by atoms with Gasteiger partial charge < -0.3 is 15.6 Å². The molecule has 0 amide bonds. The van der Waals surface area contributed by atoms with Crippen LogP contribution < -0.4 is 11.1 Å². The Morgan fingerprint density at radius 3 is 2.94 bits per heavy atom. The van der Waals surface area contributed by atoms with Crippen LogP contribution in [0.15, 0.2) is 22.7 Å². The molecule has 0 fully saturated rings. The van der Waals surface area contributed by atoms with Gasteiger partial charge in [-0.2, -0.15) is 4.98 Å². The Morgan fingerprint density at radius 2 is 2.33 bits per heavy atom. The van der Waals surface area contributed by atoms with Crippen molar-refractivity contribution in [2.24, 2.45) is 5.73 Å². The molecule has 0 atom stereocenters. The van der Waals surface area contributed by atoms with Crippen LogP contribution in [0.25, 0.3) is 0 Å². The van der Waals surface area contributed by atoms with Crippen molar-refractivity contribution in [1.82, 2.24) is 10.1 Å². The average Bonchev–Trinajstić information content (AvgIpc) is 2.72. The second kappa shape index (κ2) is 5.32. The van der Waals surface area contributed by atoms with Crippen LogP contribution in [-0.2, 0) is 6.54 Å². The summed E-state index contributed by atoms with van der Waals surface area (Å²) < 4.78 is 5.00. The van der Waals surface area contributed by atoms with Gasteiger partial charge in [-0.1, -0.05) is 35.0 Å². The maximum Gasteiger partial charge on any atom is 0.245 e. The molecular weight excluding hydrogens is 272 g/mol. The Labute approximate surface area is 114 Å². The van der Waals surface area contributed by atoms with Gasteiger partial charge in [0, 0.05) is 5.69 Å². The Hall–Kier alpha value is -1.66. The molecule has 0 bridgehead atoms. The van der Waals surface area contributed by atoms with Gasteiger partial charge >= 0.3 is 0 Å². The molecule has 0 saturated carbocycles. The Balaban J connectivity index is 2.19. The van der Waals surface area contributed by atoms with E-state index in [1.807, 2.05) is 12.1 Å². The van der Waals surface area contributed by atoms with Crippen molar-refractivity contribution in [2.75, 3.05) is 5.32 Å². The fraction of sp³-hybridized carbons (Fsp3) is 0.182. The van der Waals surface area contributed by atoms with Crippen LogP contribution in [0.2, 0.25) is 5.02 Å². The normalized spacial score (nSPS) is 10.3. The SMILES string of the molecule is Cc1noc(CNc2cccc(Cl)c2C(N)=S)n1. The number of aryl methyl sites for hydroxylation is 1. The number of thiocarbonyl (C=S) groups is 1. The van der Waals surface area contributed by atoms with Gasteiger partial charge in [0.15, 0.2) is 5.82 Å². The molecule has 2 aromatic rings. The molecule has 5 nitrogen and oxygen atoms in total. The summed E-state index contributed by atoms with van der Waals surface area (Å²) in [6, 6.07) is 5.38. The number of nitrogens with two attached hydrogens (primary N) is 1. The first-order valence-electron chi connectivity index (χ1n) is 5.19. The van der Waals surface area contributed by atoms with Gasteiger partial charge in [0.1, 0.15) is 4.99 Å². The van der Waals surface area contributed by atoms with E-state index in [0.29, 0.717) is 28.8 Å². The highest BCUT2D eigenvalue weighted by atomic mass is 35.5. The average molecular weight is 283 g/mol. The lowest BCUT2D eigenvalue weighted by atomic mass is 10.1. The van der Waals surface area contributed by atoms with E-state index in [1.165, 1.54) is 0 Å². The van der Waals surface area contributed by atoms with Crippen LogP contribution in [0, 0.1) is 6.92 Å². The number of halogens is 1. The van der Waals surface area contributed by atoms with Crippen LogP contribution in [-0.4, -0.2) is 15.1 Å². The number of aromatic nitrogens is 2. The molecule has 1 heterocycles. The van der Waals surface area contributed by atoms with Gasteiger partial charge in [0.05, 0.1) is 17.1 Å². The lowest BCUT2D eigenvalue weighted by Gasteiger charge is -2.10. The number of anilines is 1. The quantitative estimate of drug-likeness (QED) is 0.838. The standard InChI is InChI=1S/C11H11ClN4OS/c1-6-15-9(17-16-6)5-14-8-4-2-3-7(12)10(8)11(13)18/h2-4,14H,5H2,1H3,(H2,13,18). The first kappa shape index (κ1) is 12.8. The zero-order valence-corrected chi connectivity index (χ0v) is 11.2. The minimum atomic E-state index is 0.241. The summed E-state index contributed by atoms with van der Waals surface area (Å²) >= 11 is 11.0. The van der Waals surface area contributed by atoms with Gasteiger partial charge in [0.2, 0.25) is 5.89 Å². The van der Waals surface area contributed by atoms with E-state index in [-0.39, 0.29) is 4.99 Å². The maximum absolute atomic E-state index is 6.05. The second-order valence-electron chi connectivity index (χ2n) is 3.62. The van der Waals surface area contributed by atoms with E-state index in [1.54, 1.807) is 13.0 Å². The molecule has 0 saturated heterocycles. The minimum absolute atomic E-state index is 0.241. The number of hydrogen-bond acceptors (Lipinski definition) is 5. The van der Waals surface area contributed by atoms with E-state index in [9.17, 15) is 0 Å². The minimum Gasteiger partial charge on any atom is -0.389 e. The molecule has 7 heteroatoms. The monoisotopic (exact) mass is 282 g/mol. The smallest absolute Gasteiger partial charge is 0.245 e. The summed E-state index contributed by atoms with van der Waals surface area (Å²) in [6.07, 6.45) is 0. The molecule has 1 aromatic carbocycles. The molecule has 0 unspecified atom stereocenters. The van der Waals surface area contributed by atoms with Crippen molar-refractivity contribution in [3.05, 3.63) is 40.5 Å². The number of nitrogens with zero attached hydrogens (tertiary/aromatic N) is 2. The van der Waals surface area contributed by atoms with Gasteiger partial charge in [0.25, 0.3) is 0 Å². The summed E-state index contributed by atoms with van der Waals surface area (Å²) in [7, 11) is 0. The second-order valence-corrected chi connectivity index (χ2v) is 4.46. The van der Waals surface area contributed by atoms with Crippen molar-refractivity contribution in [1.29, 1.82) is 0 Å². The van der Waals surface area contributed by atoms with E-state index in [4.69, 9.17) is 34.1 Å². The van der Waals surface area contributed by atoms with Gasteiger partial charge in [-0.15, -0.1) is 0 Å². The lowest BCUT2D eigenvalue weighted by Crippen LogP contribution is -2.14. The molecule has 2 rings (SSSR count). The van der Waals surface area contributed by atoms with Crippen molar-refractivity contribution in [2.45, 2.75) is 13.5 Å². The van der Waals surface area contributed by atoms with Crippen LogP contribution in [0.3, 0.4) is 0 Å². The Kier molecular flexibility index (Phi) is 3.78. The zero-order chi connectivity index (χ0) is 13.1. The predicted molar refractivity (Wildman–Crippen MR) is 73.7 cm³/mol. The maximum atomic E-state index is 6.05. The number of benzene rings is 1. The molecule has 0 radical (unpaired) electrons. The molecule has 0 spiro atoms. The fourth-order valence-corrected chi connectivity index (χ4v) is 2.06. The van der Waals surface area contributed by atoms with Gasteiger partial charge in [-0.05, 0) is 19.1 Å². The number of hydrogen-bond donors (Lipinski definition) is 2. The third kappa shape index (κ3) is 2.77.